The number of rotatable bonds is 8. The predicted octanol–water partition coefficient (Wildman–Crippen LogP) is 3.52. The first kappa shape index (κ1) is 23.2. The molecule has 0 spiro atoms. The van der Waals surface area contributed by atoms with E-state index in [-0.39, 0.29) is 19.5 Å². The van der Waals surface area contributed by atoms with Crippen LogP contribution in [0.3, 0.4) is 0 Å². The summed E-state index contributed by atoms with van der Waals surface area (Å²) in [4.78, 5) is 43.9. The monoisotopic (exact) mass is 480 g/mol. The Morgan fingerprint density at radius 1 is 1.12 bits per heavy atom. The number of carboxylic acids is 1. The molecule has 1 fully saturated rings. The summed E-state index contributed by atoms with van der Waals surface area (Å²) in [7, 11) is 0. The van der Waals surface area contributed by atoms with E-state index in [1.807, 2.05) is 61.5 Å². The maximum Gasteiger partial charge on any atom is 0.345 e. The topological polar surface area (TPSA) is 132 Å². The summed E-state index contributed by atoms with van der Waals surface area (Å²) >= 11 is 1.36. The number of nitrogens with two attached hydrogens (primary N) is 1. The van der Waals surface area contributed by atoms with Crippen molar-refractivity contribution < 1.29 is 19.5 Å². The quantitative estimate of drug-likeness (QED) is 0.332. The molecule has 1 atom stereocenters. The highest BCUT2D eigenvalue weighted by Crippen LogP contribution is 2.30. The molecule has 4 N–H and O–H groups in total. The first-order valence-corrected chi connectivity index (χ1v) is 11.4. The molecule has 0 bridgehead atoms. The molecule has 176 valence electrons. The van der Waals surface area contributed by atoms with Crippen LogP contribution in [-0.4, -0.2) is 55.8 Å². The summed E-state index contributed by atoms with van der Waals surface area (Å²) in [6.45, 7) is 1.84. The third-order valence-electron chi connectivity index (χ3n) is 5.31. The Bertz CT molecular complexity index is 1180. The lowest BCUT2D eigenvalue weighted by Gasteiger charge is -2.45. The van der Waals surface area contributed by atoms with Gasteiger partial charge in [0.2, 0.25) is 6.29 Å². The Kier molecular flexibility index (Phi) is 6.75. The van der Waals surface area contributed by atoms with Crippen LogP contribution < -0.4 is 11.2 Å². The van der Waals surface area contributed by atoms with E-state index in [2.05, 4.69) is 10.3 Å². The molecule has 4 rings (SSSR count). The molecule has 0 radical (unpaired) electrons. The Morgan fingerprint density at radius 3 is 2.50 bits per heavy atom. The number of benzene rings is 2. The van der Waals surface area contributed by atoms with Gasteiger partial charge in [0.05, 0.1) is 19.2 Å². The fraction of sp³-hybridized carbons (Fsp3) is 0.217. The van der Waals surface area contributed by atoms with E-state index in [4.69, 9.17) is 10.9 Å². The summed E-state index contributed by atoms with van der Waals surface area (Å²) in [6, 6.07) is 15.8. The van der Waals surface area contributed by atoms with Crippen molar-refractivity contribution in [2.75, 3.05) is 11.9 Å². The lowest BCUT2D eigenvalue weighted by molar-refractivity contribution is -0.137. The van der Waals surface area contributed by atoms with Crippen LogP contribution in [0.5, 0.6) is 0 Å². The smallest absolute Gasteiger partial charge is 0.345 e. The lowest BCUT2D eigenvalue weighted by atomic mass is 10.1. The van der Waals surface area contributed by atoms with Gasteiger partial charge in [0.25, 0.3) is 0 Å². The number of thiazole rings is 1. The molecule has 3 aromatic rings. The van der Waals surface area contributed by atoms with Crippen molar-refractivity contribution >= 4 is 34.4 Å². The van der Waals surface area contributed by atoms with Gasteiger partial charge in [-0.25, -0.2) is 30.3 Å². The molecule has 1 aliphatic rings. The van der Waals surface area contributed by atoms with Crippen molar-refractivity contribution in [3.05, 3.63) is 71.9 Å². The highest BCUT2D eigenvalue weighted by Gasteiger charge is 2.43. The zero-order valence-corrected chi connectivity index (χ0v) is 19.2. The van der Waals surface area contributed by atoms with Crippen molar-refractivity contribution in [3.8, 4) is 10.6 Å². The zero-order chi connectivity index (χ0) is 24.2. The SMILES string of the molecule is Cc1ccc(CN2C(=O)N(CCC(=O)O)C(=O)N(N)C2Nc2cnc(-c3ccccc3)s2)cc1. The number of hydrogen-bond donors (Lipinski definition) is 3. The number of carbonyl (C=O) groups is 3. The van der Waals surface area contributed by atoms with Crippen molar-refractivity contribution in [1.29, 1.82) is 0 Å². The van der Waals surface area contributed by atoms with Crippen molar-refractivity contribution in [1.82, 2.24) is 19.8 Å². The zero-order valence-electron chi connectivity index (χ0n) is 18.4. The van der Waals surface area contributed by atoms with Crippen LogP contribution in [0, 0.1) is 6.92 Å². The van der Waals surface area contributed by atoms with Gasteiger partial charge in [-0.15, -0.1) is 0 Å². The third-order valence-corrected chi connectivity index (χ3v) is 6.29. The molecule has 2 aromatic carbocycles. The van der Waals surface area contributed by atoms with Crippen molar-refractivity contribution in [3.63, 3.8) is 0 Å². The van der Waals surface area contributed by atoms with E-state index >= 15 is 0 Å². The third kappa shape index (κ3) is 5.00. The van der Waals surface area contributed by atoms with Gasteiger partial charge in [0, 0.05) is 12.1 Å². The molecule has 4 amide bonds. The van der Waals surface area contributed by atoms with Gasteiger partial charge in [-0.05, 0) is 12.5 Å². The fourth-order valence-electron chi connectivity index (χ4n) is 3.51. The van der Waals surface area contributed by atoms with Gasteiger partial charge in [-0.3, -0.25) is 9.69 Å². The van der Waals surface area contributed by atoms with Crippen LogP contribution in [-0.2, 0) is 11.3 Å². The van der Waals surface area contributed by atoms with Crippen LogP contribution in [0.1, 0.15) is 17.5 Å². The largest absolute Gasteiger partial charge is 0.481 e. The van der Waals surface area contributed by atoms with E-state index in [9.17, 15) is 14.4 Å². The molecule has 1 aromatic heterocycles. The predicted molar refractivity (Wildman–Crippen MR) is 127 cm³/mol. The van der Waals surface area contributed by atoms with Crippen LogP contribution in [0.4, 0.5) is 14.6 Å². The second-order valence-corrected chi connectivity index (χ2v) is 8.83. The van der Waals surface area contributed by atoms with Crippen LogP contribution >= 0.6 is 11.3 Å². The van der Waals surface area contributed by atoms with Gasteiger partial charge >= 0.3 is 18.0 Å². The van der Waals surface area contributed by atoms with Gasteiger partial charge in [0.1, 0.15) is 10.0 Å². The Labute approximate surface area is 200 Å². The lowest BCUT2D eigenvalue weighted by Crippen LogP contribution is -2.70. The van der Waals surface area contributed by atoms with Crippen molar-refractivity contribution in [2.45, 2.75) is 26.2 Å². The Balaban J connectivity index is 1.61. The van der Waals surface area contributed by atoms with Gasteiger partial charge < -0.3 is 10.4 Å². The maximum absolute atomic E-state index is 13.3. The number of urea groups is 2. The highest BCUT2D eigenvalue weighted by molar-refractivity contribution is 7.18. The van der Waals surface area contributed by atoms with E-state index in [1.54, 1.807) is 6.20 Å². The summed E-state index contributed by atoms with van der Waals surface area (Å²) in [6.07, 6.45) is 0.250. The molecule has 10 nitrogen and oxygen atoms in total. The molecular weight excluding hydrogens is 456 g/mol. The maximum atomic E-state index is 13.3. The molecule has 2 heterocycles. The van der Waals surface area contributed by atoms with Crippen LogP contribution in [0.25, 0.3) is 10.6 Å². The second kappa shape index (κ2) is 9.89. The van der Waals surface area contributed by atoms with E-state index < -0.39 is 24.3 Å². The molecule has 0 aliphatic carbocycles. The minimum atomic E-state index is -1.12. The number of amides is 4. The number of hydrogen-bond acceptors (Lipinski definition) is 7. The Hall–Kier alpha value is -3.96. The fourth-order valence-corrected chi connectivity index (χ4v) is 4.35. The van der Waals surface area contributed by atoms with Crippen molar-refractivity contribution in [2.24, 2.45) is 5.84 Å². The minimum Gasteiger partial charge on any atom is -0.481 e. The normalized spacial score (nSPS) is 16.2. The van der Waals surface area contributed by atoms with Gasteiger partial charge in [-0.1, -0.05) is 71.5 Å². The number of aryl methyl sites for hydroxylation is 1. The number of hydrazine groups is 1. The molecular formula is C23H24N6O4S. The number of imide groups is 1. The number of anilines is 1. The molecule has 1 aliphatic heterocycles. The van der Waals surface area contributed by atoms with Crippen LogP contribution in [0.15, 0.2) is 60.8 Å². The number of nitrogens with zero attached hydrogens (tertiary/aromatic N) is 4. The molecule has 1 unspecified atom stereocenters. The first-order chi connectivity index (χ1) is 16.3. The Morgan fingerprint density at radius 2 is 1.82 bits per heavy atom. The first-order valence-electron chi connectivity index (χ1n) is 10.5. The van der Waals surface area contributed by atoms with E-state index in [1.165, 1.54) is 16.2 Å². The minimum absolute atomic E-state index is 0.158. The molecule has 34 heavy (non-hydrogen) atoms. The molecule has 11 heteroatoms. The van der Waals surface area contributed by atoms with Gasteiger partial charge in [0.15, 0.2) is 0 Å². The van der Waals surface area contributed by atoms with E-state index in [0.29, 0.717) is 5.00 Å². The number of nitrogens with one attached hydrogen (secondary N) is 1. The molecule has 0 saturated carbocycles. The number of carbonyl (C=O) groups excluding carboxylic acids is 2. The van der Waals surface area contributed by atoms with Crippen LogP contribution in [0.2, 0.25) is 0 Å². The standard InChI is InChI=1S/C23H24N6O4S/c1-15-7-9-16(10-8-15)14-28-21(29(24)23(33)27(22(28)32)12-11-19(30)31)26-18-13-25-20(34-18)17-5-3-2-4-6-17/h2-10,13,21,26H,11-12,14,24H2,1H3,(H,30,31). The summed E-state index contributed by atoms with van der Waals surface area (Å²) in [5.74, 6) is 5.02. The highest BCUT2D eigenvalue weighted by atomic mass is 32.1. The average Bonchev–Trinajstić information content (AvgIpc) is 3.30. The van der Waals surface area contributed by atoms with Gasteiger partial charge in [-0.2, -0.15) is 0 Å². The van der Waals surface area contributed by atoms with E-state index in [0.717, 1.165) is 31.6 Å². The summed E-state index contributed by atoms with van der Waals surface area (Å²) in [5, 5.41) is 14.5. The number of aliphatic carboxylic acids is 1. The number of carboxylic acid groups (broad SMARTS) is 1. The summed E-state index contributed by atoms with van der Waals surface area (Å²) < 4.78 is 0. The second-order valence-electron chi connectivity index (χ2n) is 7.79. The average molecular weight is 481 g/mol. The molecule has 1 saturated heterocycles. The summed E-state index contributed by atoms with van der Waals surface area (Å²) in [5.41, 5.74) is 2.85. The number of aromatic nitrogens is 1.